The van der Waals surface area contributed by atoms with E-state index in [9.17, 15) is 19.2 Å². The zero-order valence-corrected chi connectivity index (χ0v) is 18.4. The Morgan fingerprint density at radius 2 is 1.82 bits per heavy atom. The molecule has 4 rings (SSSR count). The van der Waals surface area contributed by atoms with Crippen molar-refractivity contribution in [3.8, 4) is 0 Å². The second-order valence-corrected chi connectivity index (χ2v) is 8.34. The summed E-state index contributed by atoms with van der Waals surface area (Å²) in [5.74, 6) is -2.08. The van der Waals surface area contributed by atoms with E-state index in [0.717, 1.165) is 16.9 Å². The van der Waals surface area contributed by atoms with E-state index in [-0.39, 0.29) is 17.2 Å². The molecule has 2 heterocycles. The van der Waals surface area contributed by atoms with Crippen molar-refractivity contribution in [3.63, 3.8) is 0 Å². The molecule has 10 heteroatoms. The summed E-state index contributed by atoms with van der Waals surface area (Å²) in [7, 11) is 1.26. The Balaban J connectivity index is 1.47. The molecule has 3 aromatic rings. The Labute approximate surface area is 193 Å². The normalized spacial score (nSPS) is 15.0. The van der Waals surface area contributed by atoms with E-state index in [4.69, 9.17) is 4.74 Å². The number of nitrogens with zero attached hydrogens (tertiary/aromatic N) is 1. The third-order valence-electron chi connectivity index (χ3n) is 4.97. The summed E-state index contributed by atoms with van der Waals surface area (Å²) in [6.07, 6.45) is 0.144. The lowest BCUT2D eigenvalue weighted by atomic mass is 10.1. The van der Waals surface area contributed by atoms with Gasteiger partial charge in [0.25, 0.3) is 5.91 Å². The number of benzene rings is 2. The standard InChI is InChI=1S/C23H20N4O5S/c1-32-22(31)19-17(11-13-7-3-2-4-8-13)33-23(27-19)26-18(28)12-16-21(30)24-15-10-6-5-9-14(15)20(29)25-16/h2-10,16H,11-12H2,1H3,(H,24,30)(H,25,29)(H,26,27,28)/t16-/m0/s1. The molecule has 1 aliphatic rings. The molecule has 0 saturated carbocycles. The number of anilines is 2. The molecule has 2 aromatic carbocycles. The topological polar surface area (TPSA) is 126 Å². The van der Waals surface area contributed by atoms with Gasteiger partial charge in [-0.2, -0.15) is 0 Å². The first kappa shape index (κ1) is 22.2. The van der Waals surface area contributed by atoms with Crippen molar-refractivity contribution in [1.29, 1.82) is 0 Å². The van der Waals surface area contributed by atoms with E-state index in [1.54, 1.807) is 24.3 Å². The molecular formula is C23H20N4O5S. The molecule has 0 fully saturated rings. The number of aromatic nitrogens is 1. The van der Waals surface area contributed by atoms with Gasteiger partial charge in [0, 0.05) is 11.3 Å². The number of hydrogen-bond donors (Lipinski definition) is 3. The second kappa shape index (κ2) is 9.61. The Morgan fingerprint density at radius 3 is 2.58 bits per heavy atom. The minimum atomic E-state index is -1.06. The van der Waals surface area contributed by atoms with Crippen molar-refractivity contribution in [2.45, 2.75) is 18.9 Å². The lowest BCUT2D eigenvalue weighted by molar-refractivity contribution is -0.122. The van der Waals surface area contributed by atoms with Crippen LogP contribution < -0.4 is 16.0 Å². The van der Waals surface area contributed by atoms with Gasteiger partial charge in [0.1, 0.15) is 6.04 Å². The number of carbonyl (C=O) groups is 4. The molecule has 0 unspecified atom stereocenters. The number of amides is 3. The van der Waals surface area contributed by atoms with Crippen LogP contribution in [0.4, 0.5) is 10.8 Å². The largest absolute Gasteiger partial charge is 0.464 e. The molecule has 0 spiro atoms. The zero-order valence-electron chi connectivity index (χ0n) is 17.6. The van der Waals surface area contributed by atoms with Crippen LogP contribution >= 0.6 is 11.3 Å². The number of nitrogens with one attached hydrogen (secondary N) is 3. The van der Waals surface area contributed by atoms with Crippen LogP contribution in [0.5, 0.6) is 0 Å². The number of methoxy groups -OCH3 is 1. The predicted molar refractivity (Wildman–Crippen MR) is 122 cm³/mol. The quantitative estimate of drug-likeness (QED) is 0.482. The van der Waals surface area contributed by atoms with Crippen molar-refractivity contribution >= 4 is 45.8 Å². The highest BCUT2D eigenvalue weighted by Crippen LogP contribution is 2.27. The van der Waals surface area contributed by atoms with Gasteiger partial charge >= 0.3 is 5.97 Å². The van der Waals surface area contributed by atoms with E-state index in [1.807, 2.05) is 30.3 Å². The smallest absolute Gasteiger partial charge is 0.357 e. The first-order valence-corrected chi connectivity index (χ1v) is 10.9. The van der Waals surface area contributed by atoms with Gasteiger partial charge in [0.2, 0.25) is 11.8 Å². The van der Waals surface area contributed by atoms with Crippen molar-refractivity contribution < 1.29 is 23.9 Å². The lowest BCUT2D eigenvalue weighted by Gasteiger charge is -2.13. The van der Waals surface area contributed by atoms with E-state index in [0.29, 0.717) is 22.5 Å². The number of ether oxygens (including phenoxy) is 1. The van der Waals surface area contributed by atoms with Gasteiger partial charge in [-0.05, 0) is 17.7 Å². The van der Waals surface area contributed by atoms with Gasteiger partial charge < -0.3 is 20.7 Å². The summed E-state index contributed by atoms with van der Waals surface area (Å²) in [6.45, 7) is 0. The first-order chi connectivity index (χ1) is 15.9. The third-order valence-corrected chi connectivity index (χ3v) is 5.94. The van der Waals surface area contributed by atoms with Crippen LogP contribution in [-0.2, 0) is 20.7 Å². The van der Waals surface area contributed by atoms with Gasteiger partial charge in [-0.25, -0.2) is 9.78 Å². The number of para-hydroxylation sites is 1. The van der Waals surface area contributed by atoms with Crippen LogP contribution in [0.3, 0.4) is 0 Å². The number of rotatable bonds is 6. The van der Waals surface area contributed by atoms with Gasteiger partial charge in [0.05, 0.1) is 24.8 Å². The highest BCUT2D eigenvalue weighted by Gasteiger charge is 2.30. The zero-order chi connectivity index (χ0) is 23.4. The molecule has 0 saturated heterocycles. The molecule has 0 bridgehead atoms. The maximum absolute atomic E-state index is 12.6. The van der Waals surface area contributed by atoms with E-state index in [2.05, 4.69) is 20.9 Å². The fourth-order valence-corrected chi connectivity index (χ4v) is 4.37. The van der Waals surface area contributed by atoms with Gasteiger partial charge in [-0.3, -0.25) is 14.4 Å². The van der Waals surface area contributed by atoms with Crippen LogP contribution in [-0.4, -0.2) is 41.8 Å². The molecule has 33 heavy (non-hydrogen) atoms. The van der Waals surface area contributed by atoms with Crippen molar-refractivity contribution in [2.75, 3.05) is 17.7 Å². The van der Waals surface area contributed by atoms with Gasteiger partial charge in [-0.1, -0.05) is 42.5 Å². The number of esters is 1. The van der Waals surface area contributed by atoms with Gasteiger partial charge in [-0.15, -0.1) is 11.3 Å². The maximum Gasteiger partial charge on any atom is 0.357 e. The Kier molecular flexibility index (Phi) is 6.45. The Hall–Kier alpha value is -4.05. The molecule has 1 aliphatic heterocycles. The fourth-order valence-electron chi connectivity index (χ4n) is 3.37. The molecule has 0 aliphatic carbocycles. The maximum atomic E-state index is 12.6. The molecule has 9 nitrogen and oxygen atoms in total. The summed E-state index contributed by atoms with van der Waals surface area (Å²) in [4.78, 5) is 54.6. The van der Waals surface area contributed by atoms with Crippen LogP contribution in [0.15, 0.2) is 54.6 Å². The predicted octanol–water partition coefficient (Wildman–Crippen LogP) is 2.60. The van der Waals surface area contributed by atoms with Crippen LogP contribution in [0, 0.1) is 0 Å². The molecule has 3 amide bonds. The number of fused-ring (bicyclic) bond motifs is 1. The number of hydrogen-bond acceptors (Lipinski definition) is 7. The van der Waals surface area contributed by atoms with Crippen LogP contribution in [0.2, 0.25) is 0 Å². The number of thiazole rings is 1. The summed E-state index contributed by atoms with van der Waals surface area (Å²) in [5, 5.41) is 8.06. The summed E-state index contributed by atoms with van der Waals surface area (Å²) >= 11 is 1.15. The highest BCUT2D eigenvalue weighted by molar-refractivity contribution is 7.16. The molecule has 0 radical (unpaired) electrons. The van der Waals surface area contributed by atoms with E-state index in [1.165, 1.54) is 7.11 Å². The van der Waals surface area contributed by atoms with Crippen molar-refractivity contribution in [1.82, 2.24) is 10.3 Å². The number of carbonyl (C=O) groups excluding carboxylic acids is 4. The van der Waals surface area contributed by atoms with Gasteiger partial charge in [0.15, 0.2) is 10.8 Å². The monoisotopic (exact) mass is 464 g/mol. The lowest BCUT2D eigenvalue weighted by Crippen LogP contribution is -2.43. The fraction of sp³-hybridized carbons (Fsp3) is 0.174. The second-order valence-electron chi connectivity index (χ2n) is 7.26. The Morgan fingerprint density at radius 1 is 1.09 bits per heavy atom. The van der Waals surface area contributed by atoms with Crippen molar-refractivity contribution in [3.05, 3.63) is 76.3 Å². The first-order valence-electron chi connectivity index (χ1n) is 10.1. The highest BCUT2D eigenvalue weighted by atomic mass is 32.1. The molecule has 1 atom stereocenters. The summed E-state index contributed by atoms with van der Waals surface area (Å²) in [5.41, 5.74) is 1.80. The summed E-state index contributed by atoms with van der Waals surface area (Å²) < 4.78 is 4.82. The minimum Gasteiger partial charge on any atom is -0.464 e. The molecule has 1 aromatic heterocycles. The molecular weight excluding hydrogens is 444 g/mol. The third kappa shape index (κ3) is 5.07. The molecule has 3 N–H and O–H groups in total. The van der Waals surface area contributed by atoms with E-state index < -0.39 is 29.7 Å². The average molecular weight is 465 g/mol. The minimum absolute atomic E-state index is 0.123. The Bertz CT molecular complexity index is 1220. The van der Waals surface area contributed by atoms with Crippen LogP contribution in [0.1, 0.15) is 37.7 Å². The van der Waals surface area contributed by atoms with Crippen molar-refractivity contribution in [2.24, 2.45) is 0 Å². The average Bonchev–Trinajstić information content (AvgIpc) is 3.15. The summed E-state index contributed by atoms with van der Waals surface area (Å²) in [6, 6.07) is 15.0. The SMILES string of the molecule is COC(=O)c1nc(NC(=O)C[C@@H]2NC(=O)c3ccccc3NC2=O)sc1Cc1ccccc1. The molecule has 168 valence electrons. The van der Waals surface area contributed by atoms with E-state index >= 15 is 0 Å². The van der Waals surface area contributed by atoms with Crippen LogP contribution in [0.25, 0.3) is 0 Å².